The minimum absolute atomic E-state index is 0.00944. The molecule has 128 valence electrons. The van der Waals surface area contributed by atoms with Gasteiger partial charge in [0.1, 0.15) is 5.76 Å². The van der Waals surface area contributed by atoms with Crippen LogP contribution in [0.4, 0.5) is 11.5 Å². The summed E-state index contributed by atoms with van der Waals surface area (Å²) in [5.74, 6) is 0.573. The van der Waals surface area contributed by atoms with Gasteiger partial charge >= 0.3 is 0 Å². The summed E-state index contributed by atoms with van der Waals surface area (Å²) in [6.45, 7) is 1.77. The van der Waals surface area contributed by atoms with E-state index in [-0.39, 0.29) is 23.8 Å². The topological polar surface area (TPSA) is 92.5 Å². The minimum atomic E-state index is -3.64. The molecule has 7 nitrogen and oxygen atoms in total. The highest BCUT2D eigenvalue weighted by Gasteiger charge is 2.35. The van der Waals surface area contributed by atoms with Gasteiger partial charge in [-0.2, -0.15) is 0 Å². The van der Waals surface area contributed by atoms with Crippen molar-refractivity contribution in [2.24, 2.45) is 0 Å². The molecule has 0 fully saturated rings. The maximum Gasteiger partial charge on any atom is 0.265 e. The van der Waals surface area contributed by atoms with Crippen LogP contribution < -0.4 is 9.62 Å². The maximum absolute atomic E-state index is 12.8. The van der Waals surface area contributed by atoms with Gasteiger partial charge in [0.15, 0.2) is 5.82 Å². The van der Waals surface area contributed by atoms with Crippen molar-refractivity contribution in [3.8, 4) is 0 Å². The van der Waals surface area contributed by atoms with Crippen LogP contribution in [0.25, 0.3) is 10.8 Å². The smallest absolute Gasteiger partial charge is 0.265 e. The first-order valence-electron chi connectivity index (χ1n) is 7.74. The van der Waals surface area contributed by atoms with Gasteiger partial charge in [0.25, 0.3) is 10.0 Å². The Hall–Kier alpha value is -2.87. The molecule has 0 bridgehead atoms. The molecule has 25 heavy (non-hydrogen) atoms. The number of aryl methyl sites for hydroxylation is 1. The fraction of sp³-hybridized carbons (Fsp3) is 0.176. The molecule has 0 saturated carbocycles. The van der Waals surface area contributed by atoms with Crippen LogP contribution in [0.1, 0.15) is 12.2 Å². The summed E-state index contributed by atoms with van der Waals surface area (Å²) in [6, 6.07) is 12.2. The molecular formula is C17H15N3O4S. The van der Waals surface area contributed by atoms with E-state index in [4.69, 9.17) is 4.52 Å². The highest BCUT2D eigenvalue weighted by Crippen LogP contribution is 2.41. The van der Waals surface area contributed by atoms with Gasteiger partial charge in [-0.1, -0.05) is 29.4 Å². The normalized spacial score (nSPS) is 14.8. The van der Waals surface area contributed by atoms with Crippen molar-refractivity contribution in [1.29, 1.82) is 0 Å². The van der Waals surface area contributed by atoms with Crippen LogP contribution in [0.3, 0.4) is 0 Å². The second kappa shape index (κ2) is 5.59. The molecule has 1 aliphatic heterocycles. The summed E-state index contributed by atoms with van der Waals surface area (Å²) >= 11 is 0. The molecule has 0 aliphatic carbocycles. The first kappa shape index (κ1) is 15.6. The molecule has 0 unspecified atom stereocenters. The third kappa shape index (κ3) is 2.54. The van der Waals surface area contributed by atoms with Gasteiger partial charge < -0.3 is 9.84 Å². The molecule has 0 saturated heterocycles. The molecule has 0 radical (unpaired) electrons. The highest BCUT2D eigenvalue weighted by molar-refractivity contribution is 7.93. The van der Waals surface area contributed by atoms with Gasteiger partial charge in [-0.3, -0.25) is 9.10 Å². The third-order valence-electron chi connectivity index (χ3n) is 4.12. The van der Waals surface area contributed by atoms with Crippen LogP contribution in [-0.2, 0) is 14.8 Å². The monoisotopic (exact) mass is 357 g/mol. The van der Waals surface area contributed by atoms with Crippen LogP contribution in [0.2, 0.25) is 0 Å². The molecule has 0 atom stereocenters. The number of hydrogen-bond acceptors (Lipinski definition) is 5. The first-order valence-corrected chi connectivity index (χ1v) is 9.18. The molecule has 1 aliphatic rings. The van der Waals surface area contributed by atoms with E-state index in [1.807, 2.05) is 18.2 Å². The van der Waals surface area contributed by atoms with Gasteiger partial charge in [-0.05, 0) is 24.4 Å². The van der Waals surface area contributed by atoms with Gasteiger partial charge in [0.2, 0.25) is 5.91 Å². The van der Waals surface area contributed by atoms with E-state index in [2.05, 4.69) is 10.5 Å². The zero-order valence-corrected chi connectivity index (χ0v) is 14.2. The molecule has 1 N–H and O–H groups in total. The summed E-state index contributed by atoms with van der Waals surface area (Å²) in [6.07, 6.45) is 0.00944. The van der Waals surface area contributed by atoms with Gasteiger partial charge in [-0.15, -0.1) is 0 Å². The molecule has 2 aromatic carbocycles. The number of aromatic nitrogens is 1. The molecule has 4 rings (SSSR count). The number of nitrogens with zero attached hydrogens (tertiary/aromatic N) is 2. The molecule has 2 heterocycles. The fourth-order valence-electron chi connectivity index (χ4n) is 3.03. The predicted octanol–water partition coefficient (Wildman–Crippen LogP) is 2.67. The highest BCUT2D eigenvalue weighted by atomic mass is 32.2. The standard InChI is InChI=1S/C17H15N3O4S/c1-11-10-15(19-24-11)18-16(21)8-9-20-13-6-2-4-12-5-3-7-14(17(12)13)25(20,22)23/h2-7,10H,8-9H2,1H3,(H,18,19,21). The maximum atomic E-state index is 12.8. The Labute approximate surface area is 144 Å². The Morgan fingerprint density at radius 2 is 2.00 bits per heavy atom. The van der Waals surface area contributed by atoms with E-state index in [9.17, 15) is 13.2 Å². The fourth-order valence-corrected chi connectivity index (χ4v) is 4.74. The summed E-state index contributed by atoms with van der Waals surface area (Å²) in [5.41, 5.74) is 0.609. The van der Waals surface area contributed by atoms with Crippen LogP contribution in [-0.4, -0.2) is 26.0 Å². The summed E-state index contributed by atoms with van der Waals surface area (Å²) < 4.78 is 31.8. The Balaban J connectivity index is 1.57. The first-order chi connectivity index (χ1) is 12.0. The Kier molecular flexibility index (Phi) is 3.50. The van der Waals surface area contributed by atoms with Crippen molar-refractivity contribution in [3.05, 3.63) is 48.2 Å². The molecule has 0 spiro atoms. The Bertz CT molecular complexity index is 1080. The molecule has 3 aromatic rings. The van der Waals surface area contributed by atoms with Crippen molar-refractivity contribution in [2.75, 3.05) is 16.2 Å². The zero-order chi connectivity index (χ0) is 17.6. The van der Waals surface area contributed by atoms with Crippen LogP contribution >= 0.6 is 0 Å². The number of benzene rings is 2. The third-order valence-corrected chi connectivity index (χ3v) is 5.97. The van der Waals surface area contributed by atoms with Crippen LogP contribution in [0.15, 0.2) is 51.9 Å². The number of sulfonamides is 1. The largest absolute Gasteiger partial charge is 0.360 e. The summed E-state index contributed by atoms with van der Waals surface area (Å²) in [4.78, 5) is 12.4. The number of amides is 1. The van der Waals surface area contributed by atoms with E-state index >= 15 is 0 Å². The van der Waals surface area contributed by atoms with Crippen molar-refractivity contribution in [3.63, 3.8) is 0 Å². The van der Waals surface area contributed by atoms with Crippen molar-refractivity contribution >= 4 is 38.2 Å². The zero-order valence-electron chi connectivity index (χ0n) is 13.4. The lowest BCUT2D eigenvalue weighted by Crippen LogP contribution is -2.30. The van der Waals surface area contributed by atoms with E-state index in [0.29, 0.717) is 22.7 Å². The van der Waals surface area contributed by atoms with Crippen molar-refractivity contribution in [1.82, 2.24) is 5.16 Å². The molecule has 1 aromatic heterocycles. The predicted molar refractivity (Wildman–Crippen MR) is 93.0 cm³/mol. The van der Waals surface area contributed by atoms with Crippen LogP contribution in [0, 0.1) is 6.92 Å². The molecule has 1 amide bonds. The summed E-state index contributed by atoms with van der Waals surface area (Å²) in [5, 5.41) is 7.85. The minimum Gasteiger partial charge on any atom is -0.360 e. The lowest BCUT2D eigenvalue weighted by molar-refractivity contribution is -0.116. The average Bonchev–Trinajstić information content (AvgIpc) is 3.07. The second-order valence-corrected chi connectivity index (χ2v) is 7.66. The van der Waals surface area contributed by atoms with Gasteiger partial charge in [0, 0.05) is 24.4 Å². The Morgan fingerprint density at radius 1 is 1.24 bits per heavy atom. The number of rotatable bonds is 4. The van der Waals surface area contributed by atoms with Crippen LogP contribution in [0.5, 0.6) is 0 Å². The number of hydrogen-bond donors (Lipinski definition) is 1. The average molecular weight is 357 g/mol. The number of carbonyl (C=O) groups is 1. The lowest BCUT2D eigenvalue weighted by Gasteiger charge is -2.18. The lowest BCUT2D eigenvalue weighted by atomic mass is 10.1. The molecule has 8 heteroatoms. The van der Waals surface area contributed by atoms with Gasteiger partial charge in [0.05, 0.1) is 10.6 Å². The number of anilines is 2. The van der Waals surface area contributed by atoms with E-state index in [1.165, 1.54) is 4.31 Å². The quantitative estimate of drug-likeness (QED) is 0.775. The van der Waals surface area contributed by atoms with Crippen molar-refractivity contribution < 1.29 is 17.7 Å². The summed E-state index contributed by atoms with van der Waals surface area (Å²) in [7, 11) is -3.64. The second-order valence-electron chi connectivity index (χ2n) is 5.83. The van der Waals surface area contributed by atoms with Gasteiger partial charge in [-0.25, -0.2) is 8.42 Å². The number of carbonyl (C=O) groups excluding carboxylic acids is 1. The SMILES string of the molecule is Cc1cc(NC(=O)CCN2c3cccc4cccc(c34)S2(=O)=O)no1. The molecular weight excluding hydrogens is 342 g/mol. The van der Waals surface area contributed by atoms with E-state index in [0.717, 1.165) is 5.39 Å². The van der Waals surface area contributed by atoms with E-state index < -0.39 is 10.0 Å². The van der Waals surface area contributed by atoms with Crippen molar-refractivity contribution in [2.45, 2.75) is 18.2 Å². The Morgan fingerprint density at radius 3 is 2.72 bits per heavy atom. The number of nitrogens with one attached hydrogen (secondary N) is 1. The van der Waals surface area contributed by atoms with E-state index in [1.54, 1.807) is 31.2 Å².